The van der Waals surface area contributed by atoms with Crippen LogP contribution in [0.25, 0.3) is 0 Å². The zero-order valence-electron chi connectivity index (χ0n) is 14.1. The zero-order valence-corrected chi connectivity index (χ0v) is 14.1. The quantitative estimate of drug-likeness (QED) is 0.885. The Bertz CT molecular complexity index is 812. The average Bonchev–Trinajstić information content (AvgIpc) is 2.57. The van der Waals surface area contributed by atoms with Crippen LogP contribution in [-0.4, -0.2) is 41.9 Å². The van der Waals surface area contributed by atoms with Gasteiger partial charge in [-0.05, 0) is 12.5 Å². The third-order valence-electron chi connectivity index (χ3n) is 4.62. The fraction of sp³-hybridized carbons (Fsp3) is 0.444. The molecule has 1 heterocycles. The number of ether oxygens (including phenoxy) is 2. The molecule has 0 radical (unpaired) electrons. The van der Waals surface area contributed by atoms with Crippen molar-refractivity contribution in [2.75, 3.05) is 7.11 Å². The van der Waals surface area contributed by atoms with E-state index in [0.717, 1.165) is 0 Å². The first kappa shape index (κ1) is 18.6. The lowest BCUT2D eigenvalue weighted by atomic mass is 9.76. The molecule has 1 aliphatic carbocycles. The van der Waals surface area contributed by atoms with Crippen molar-refractivity contribution in [2.45, 2.75) is 44.3 Å². The molecular formula is C18H17F3O5. The Hall–Kier alpha value is -2.19. The summed E-state index contributed by atoms with van der Waals surface area (Å²) in [5, 5.41) is 10.4. The van der Waals surface area contributed by atoms with Gasteiger partial charge in [0.25, 0.3) is 5.79 Å². The van der Waals surface area contributed by atoms with Crippen molar-refractivity contribution in [3.05, 3.63) is 40.5 Å². The second kappa shape index (κ2) is 6.21. The van der Waals surface area contributed by atoms with Crippen molar-refractivity contribution >= 4 is 11.6 Å². The summed E-state index contributed by atoms with van der Waals surface area (Å²) in [6, 6.07) is 4.21. The number of aliphatic hydroxyl groups is 1. The molecule has 0 fully saturated rings. The number of ketones is 2. The minimum atomic E-state index is -5.28. The molecule has 140 valence electrons. The SMILES string of the molecule is CCCC1CC2=C(C(=O)c3c(OC)cccc3C2=O)C(O)(C(F)(F)F)O1. The van der Waals surface area contributed by atoms with Gasteiger partial charge in [0.2, 0.25) is 0 Å². The number of alkyl halides is 3. The molecule has 0 aromatic heterocycles. The Balaban J connectivity index is 2.26. The summed E-state index contributed by atoms with van der Waals surface area (Å²) in [7, 11) is 1.24. The van der Waals surface area contributed by atoms with Crippen molar-refractivity contribution in [1.29, 1.82) is 0 Å². The summed E-state index contributed by atoms with van der Waals surface area (Å²) >= 11 is 0. The number of rotatable bonds is 3. The van der Waals surface area contributed by atoms with E-state index < -0.39 is 35.2 Å². The Morgan fingerprint density at radius 1 is 1.31 bits per heavy atom. The molecule has 3 rings (SSSR count). The van der Waals surface area contributed by atoms with Gasteiger partial charge in [-0.1, -0.05) is 25.5 Å². The molecule has 2 aliphatic rings. The van der Waals surface area contributed by atoms with Gasteiger partial charge in [-0.15, -0.1) is 0 Å². The van der Waals surface area contributed by atoms with Crippen LogP contribution in [0.15, 0.2) is 29.3 Å². The molecule has 5 nitrogen and oxygen atoms in total. The number of hydrogen-bond donors (Lipinski definition) is 1. The van der Waals surface area contributed by atoms with Gasteiger partial charge in [0.05, 0.1) is 24.4 Å². The van der Waals surface area contributed by atoms with Crippen molar-refractivity contribution < 1.29 is 37.3 Å². The molecular weight excluding hydrogens is 353 g/mol. The first-order chi connectivity index (χ1) is 12.2. The van der Waals surface area contributed by atoms with Crippen LogP contribution in [-0.2, 0) is 4.74 Å². The molecule has 0 amide bonds. The summed E-state index contributed by atoms with van der Waals surface area (Å²) in [5.74, 6) is -5.69. The fourth-order valence-corrected chi connectivity index (χ4v) is 3.48. The molecule has 26 heavy (non-hydrogen) atoms. The van der Waals surface area contributed by atoms with Crippen molar-refractivity contribution in [1.82, 2.24) is 0 Å². The molecule has 0 saturated carbocycles. The van der Waals surface area contributed by atoms with Crippen molar-refractivity contribution in [3.63, 3.8) is 0 Å². The molecule has 2 atom stereocenters. The Kier molecular flexibility index (Phi) is 4.44. The van der Waals surface area contributed by atoms with E-state index >= 15 is 0 Å². The molecule has 0 saturated heterocycles. The molecule has 8 heteroatoms. The molecule has 1 aromatic rings. The third kappa shape index (κ3) is 2.55. The number of carbonyl (C=O) groups is 2. The van der Waals surface area contributed by atoms with Gasteiger partial charge < -0.3 is 14.6 Å². The van der Waals surface area contributed by atoms with E-state index in [-0.39, 0.29) is 35.3 Å². The van der Waals surface area contributed by atoms with Gasteiger partial charge in [-0.2, -0.15) is 13.2 Å². The molecule has 2 unspecified atom stereocenters. The van der Waals surface area contributed by atoms with E-state index in [1.54, 1.807) is 6.92 Å². The van der Waals surface area contributed by atoms with Crippen LogP contribution < -0.4 is 4.74 Å². The molecule has 0 bridgehead atoms. The second-order valence-electron chi connectivity index (χ2n) is 6.27. The number of halogens is 3. The smallest absolute Gasteiger partial charge is 0.448 e. The predicted molar refractivity (Wildman–Crippen MR) is 84.1 cm³/mol. The number of hydrogen-bond acceptors (Lipinski definition) is 5. The van der Waals surface area contributed by atoms with E-state index in [1.807, 2.05) is 0 Å². The maximum absolute atomic E-state index is 13.7. The summed E-state index contributed by atoms with van der Waals surface area (Å²) in [5.41, 5.74) is -1.73. The minimum absolute atomic E-state index is 0.0326. The van der Waals surface area contributed by atoms with E-state index in [4.69, 9.17) is 9.47 Å². The molecule has 0 spiro atoms. The summed E-state index contributed by atoms with van der Waals surface area (Å²) in [6.45, 7) is 1.74. The number of methoxy groups -OCH3 is 1. The molecule has 1 aromatic carbocycles. The van der Waals surface area contributed by atoms with Gasteiger partial charge >= 0.3 is 6.18 Å². The Morgan fingerprint density at radius 2 is 2.00 bits per heavy atom. The normalized spacial score (nSPS) is 25.8. The van der Waals surface area contributed by atoms with Crippen molar-refractivity contribution in [2.24, 2.45) is 0 Å². The highest BCUT2D eigenvalue weighted by molar-refractivity contribution is 6.28. The lowest BCUT2D eigenvalue weighted by Crippen LogP contribution is -2.57. The van der Waals surface area contributed by atoms with E-state index in [0.29, 0.717) is 6.42 Å². The number of benzene rings is 1. The average molecular weight is 370 g/mol. The van der Waals surface area contributed by atoms with Crippen LogP contribution in [0.1, 0.15) is 46.9 Å². The summed E-state index contributed by atoms with van der Waals surface area (Å²) in [4.78, 5) is 25.7. The maximum Gasteiger partial charge on any atom is 0.448 e. The third-order valence-corrected chi connectivity index (χ3v) is 4.62. The number of Topliss-reactive ketones (excluding diaryl/α,β-unsaturated/α-hetero) is 2. The molecule has 1 N–H and O–H groups in total. The largest absolute Gasteiger partial charge is 0.496 e. The zero-order chi connectivity index (χ0) is 19.3. The van der Waals surface area contributed by atoms with Crippen LogP contribution in [0.4, 0.5) is 13.2 Å². The molecule has 1 aliphatic heterocycles. The monoisotopic (exact) mass is 370 g/mol. The van der Waals surface area contributed by atoms with E-state index in [9.17, 15) is 27.9 Å². The predicted octanol–water partition coefficient (Wildman–Crippen LogP) is 3.21. The van der Waals surface area contributed by atoms with Gasteiger partial charge in [-0.3, -0.25) is 9.59 Å². The Labute approximate surface area is 147 Å². The highest BCUT2D eigenvalue weighted by Crippen LogP contribution is 2.49. The lowest BCUT2D eigenvalue weighted by Gasteiger charge is -2.41. The van der Waals surface area contributed by atoms with Gasteiger partial charge in [0, 0.05) is 17.6 Å². The van der Waals surface area contributed by atoms with Crippen LogP contribution in [0, 0.1) is 0 Å². The van der Waals surface area contributed by atoms with Gasteiger partial charge in [-0.25, -0.2) is 0 Å². The summed E-state index contributed by atoms with van der Waals surface area (Å²) in [6.07, 6.45) is -5.76. The highest BCUT2D eigenvalue weighted by Gasteiger charge is 2.64. The van der Waals surface area contributed by atoms with Crippen LogP contribution in [0.2, 0.25) is 0 Å². The first-order valence-electron chi connectivity index (χ1n) is 8.12. The van der Waals surface area contributed by atoms with Crippen LogP contribution in [0.3, 0.4) is 0 Å². The number of fused-ring (bicyclic) bond motifs is 1. The first-order valence-corrected chi connectivity index (χ1v) is 8.12. The van der Waals surface area contributed by atoms with Crippen molar-refractivity contribution in [3.8, 4) is 5.75 Å². The maximum atomic E-state index is 13.7. The minimum Gasteiger partial charge on any atom is -0.496 e. The summed E-state index contributed by atoms with van der Waals surface area (Å²) < 4.78 is 50.9. The highest BCUT2D eigenvalue weighted by atomic mass is 19.4. The Morgan fingerprint density at radius 3 is 2.58 bits per heavy atom. The van der Waals surface area contributed by atoms with E-state index in [1.165, 1.54) is 25.3 Å². The fourth-order valence-electron chi connectivity index (χ4n) is 3.48. The van der Waals surface area contributed by atoms with Crippen LogP contribution >= 0.6 is 0 Å². The number of carbonyl (C=O) groups excluding carboxylic acids is 2. The van der Waals surface area contributed by atoms with Gasteiger partial charge in [0.15, 0.2) is 11.6 Å². The van der Waals surface area contributed by atoms with E-state index in [2.05, 4.69) is 0 Å². The standard InChI is InChI=1S/C18H17F3O5/c1-3-5-9-8-11-14(17(24,26-9)18(19,20)21)16(23)13-10(15(11)22)6-4-7-12(13)25-2/h4,6-7,9,24H,3,5,8H2,1-2H3. The second-order valence-corrected chi connectivity index (χ2v) is 6.27. The van der Waals surface area contributed by atoms with Crippen LogP contribution in [0.5, 0.6) is 5.75 Å². The van der Waals surface area contributed by atoms with Gasteiger partial charge in [0.1, 0.15) is 5.75 Å². The lowest BCUT2D eigenvalue weighted by molar-refractivity contribution is -0.360. The topological polar surface area (TPSA) is 72.8 Å².